The quantitative estimate of drug-likeness (QED) is 0.264. The van der Waals surface area contributed by atoms with E-state index in [-0.39, 0.29) is 5.54 Å². The highest BCUT2D eigenvalue weighted by atomic mass is 16.2. The maximum absolute atomic E-state index is 15.1. The summed E-state index contributed by atoms with van der Waals surface area (Å²) in [6.45, 7) is 6.01. The second kappa shape index (κ2) is 11.3. The molecule has 0 atom stereocenters. The Morgan fingerprint density at radius 2 is 1.29 bits per heavy atom. The van der Waals surface area contributed by atoms with Gasteiger partial charge in [-0.15, -0.1) is 0 Å². The molecule has 0 unspecified atom stereocenters. The zero-order valence-corrected chi connectivity index (χ0v) is 24.7. The van der Waals surface area contributed by atoms with Gasteiger partial charge in [0.1, 0.15) is 5.54 Å². The Balaban J connectivity index is 1.40. The molecule has 5 nitrogen and oxygen atoms in total. The van der Waals surface area contributed by atoms with Gasteiger partial charge in [0.15, 0.2) is 0 Å². The van der Waals surface area contributed by atoms with Crippen molar-refractivity contribution in [2.45, 2.75) is 44.2 Å². The van der Waals surface area contributed by atoms with Crippen LogP contribution in [0.4, 0.5) is 17.1 Å². The Morgan fingerprint density at radius 3 is 1.85 bits per heavy atom. The van der Waals surface area contributed by atoms with Gasteiger partial charge in [0.25, 0.3) is 0 Å². The molecule has 0 radical (unpaired) electrons. The Morgan fingerprint density at radius 1 is 0.756 bits per heavy atom. The van der Waals surface area contributed by atoms with E-state index in [0.717, 1.165) is 73.9 Å². The van der Waals surface area contributed by atoms with Crippen LogP contribution in [0.5, 0.6) is 0 Å². The number of nitrogens with zero attached hydrogens (tertiary/aromatic N) is 3. The van der Waals surface area contributed by atoms with Crippen molar-refractivity contribution in [3.63, 3.8) is 0 Å². The number of hydrogen-bond donors (Lipinski definition) is 1. The minimum absolute atomic E-state index is 0.0983. The van der Waals surface area contributed by atoms with Crippen LogP contribution in [0.2, 0.25) is 0 Å². The standard InChI is InChI=1S/C36H43N4O/c1-36(22-24-37-25-23-36)40(35(41)33-18-19-34(38(2)3)32-17-11-10-16-31(32)33)26-20-30(21-27-40)39(28-12-6-4-7-13-28)29-14-8-5-9-15-29/h4-19,30,37H,20-27H2,1-3H3/q+1. The summed E-state index contributed by atoms with van der Waals surface area (Å²) in [4.78, 5) is 19.7. The third-order valence-corrected chi connectivity index (χ3v) is 9.84. The minimum atomic E-state index is -0.0983. The molecule has 6 rings (SSSR count). The second-order valence-electron chi connectivity index (χ2n) is 12.3. The number of benzene rings is 4. The molecule has 2 aliphatic heterocycles. The lowest BCUT2D eigenvalue weighted by atomic mass is 9.81. The van der Waals surface area contributed by atoms with Crippen LogP contribution in [0.1, 0.15) is 43.0 Å². The average Bonchev–Trinajstić information content (AvgIpc) is 3.02. The van der Waals surface area contributed by atoms with E-state index in [9.17, 15) is 0 Å². The van der Waals surface area contributed by atoms with Gasteiger partial charge in [0, 0.05) is 86.7 Å². The predicted molar refractivity (Wildman–Crippen MR) is 171 cm³/mol. The molecule has 4 aromatic rings. The molecule has 0 spiro atoms. The van der Waals surface area contributed by atoms with Crippen molar-refractivity contribution < 1.29 is 9.28 Å². The molecule has 0 aromatic heterocycles. The van der Waals surface area contributed by atoms with E-state index < -0.39 is 0 Å². The highest BCUT2D eigenvalue weighted by molar-refractivity contribution is 6.08. The summed E-state index contributed by atoms with van der Waals surface area (Å²) in [6, 6.07) is 34.5. The fourth-order valence-corrected chi connectivity index (χ4v) is 7.47. The molecule has 0 bridgehead atoms. The summed E-state index contributed by atoms with van der Waals surface area (Å²) in [5.74, 6) is 0.292. The smallest absolute Gasteiger partial charge is 0.346 e. The third-order valence-electron chi connectivity index (χ3n) is 9.84. The van der Waals surface area contributed by atoms with Gasteiger partial charge in [-0.05, 0) is 43.3 Å². The average molecular weight is 548 g/mol. The lowest BCUT2D eigenvalue weighted by Crippen LogP contribution is -2.71. The van der Waals surface area contributed by atoms with E-state index in [1.54, 1.807) is 0 Å². The van der Waals surface area contributed by atoms with Gasteiger partial charge in [0.05, 0.1) is 18.7 Å². The number of piperidine rings is 2. The molecule has 1 N–H and O–H groups in total. The Hall–Kier alpha value is -3.67. The van der Waals surface area contributed by atoms with E-state index in [1.807, 2.05) is 0 Å². The lowest BCUT2D eigenvalue weighted by molar-refractivity contribution is -0.906. The van der Waals surface area contributed by atoms with Crippen LogP contribution in [-0.2, 0) is 0 Å². The van der Waals surface area contributed by atoms with E-state index in [4.69, 9.17) is 0 Å². The number of rotatable bonds is 6. The van der Waals surface area contributed by atoms with E-state index >= 15 is 4.79 Å². The Labute approximate surface area is 245 Å². The van der Waals surface area contributed by atoms with Crippen LogP contribution in [0.15, 0.2) is 97.1 Å². The molecule has 212 valence electrons. The van der Waals surface area contributed by atoms with Crippen molar-refractivity contribution in [2.75, 3.05) is 50.1 Å². The van der Waals surface area contributed by atoms with Crippen LogP contribution in [0.3, 0.4) is 0 Å². The first kappa shape index (κ1) is 27.5. The molecular weight excluding hydrogens is 504 g/mol. The number of hydrogen-bond acceptors (Lipinski definition) is 4. The van der Waals surface area contributed by atoms with Crippen molar-refractivity contribution in [1.29, 1.82) is 0 Å². The number of quaternary nitrogens is 1. The monoisotopic (exact) mass is 547 g/mol. The Kier molecular flexibility index (Phi) is 7.58. The molecule has 2 saturated heterocycles. The molecule has 2 heterocycles. The van der Waals surface area contributed by atoms with Crippen LogP contribution in [0.25, 0.3) is 10.8 Å². The zero-order chi connectivity index (χ0) is 28.5. The number of fused-ring (bicyclic) bond motifs is 1. The minimum Gasteiger partial charge on any atom is -0.377 e. The maximum Gasteiger partial charge on any atom is 0.346 e. The van der Waals surface area contributed by atoms with Gasteiger partial charge in [-0.3, -0.25) is 4.48 Å². The third kappa shape index (κ3) is 4.92. The Bertz CT molecular complexity index is 1450. The van der Waals surface area contributed by atoms with Gasteiger partial charge in [-0.1, -0.05) is 60.7 Å². The summed E-state index contributed by atoms with van der Waals surface area (Å²) in [5, 5.41) is 5.77. The maximum atomic E-state index is 15.1. The van der Waals surface area contributed by atoms with Crippen LogP contribution in [-0.4, -0.2) is 62.2 Å². The number of anilines is 3. The summed E-state index contributed by atoms with van der Waals surface area (Å²) < 4.78 is 0.536. The first-order valence-corrected chi connectivity index (χ1v) is 15.1. The number of carbonyl (C=O) groups excluding carboxylic acids is 1. The molecule has 41 heavy (non-hydrogen) atoms. The summed E-state index contributed by atoms with van der Waals surface area (Å²) >= 11 is 0. The summed E-state index contributed by atoms with van der Waals surface area (Å²) in [5.41, 5.74) is 4.35. The molecule has 5 heteroatoms. The topological polar surface area (TPSA) is 35.6 Å². The van der Waals surface area contributed by atoms with Gasteiger partial charge < -0.3 is 15.1 Å². The van der Waals surface area contributed by atoms with E-state index in [2.05, 4.69) is 133 Å². The molecule has 4 aromatic carbocycles. The highest BCUT2D eigenvalue weighted by Crippen LogP contribution is 2.43. The van der Waals surface area contributed by atoms with Gasteiger partial charge >= 0.3 is 5.91 Å². The van der Waals surface area contributed by atoms with Crippen LogP contribution in [0, 0.1) is 0 Å². The largest absolute Gasteiger partial charge is 0.377 e. The molecular formula is C36H43N4O+. The van der Waals surface area contributed by atoms with Crippen LogP contribution >= 0.6 is 0 Å². The fourth-order valence-electron chi connectivity index (χ4n) is 7.47. The normalized spacial score (nSPS) is 22.3. The number of likely N-dealkylation sites (tertiary alicyclic amines) is 1. The molecule has 2 aliphatic rings. The van der Waals surface area contributed by atoms with E-state index in [1.165, 1.54) is 11.4 Å². The second-order valence-corrected chi connectivity index (χ2v) is 12.3. The summed E-state index contributed by atoms with van der Waals surface area (Å²) in [6.07, 6.45) is 3.95. The first-order chi connectivity index (χ1) is 19.9. The SMILES string of the molecule is CN(C)c1ccc(C(=O)[N+]2(C3(C)CCNCC3)CCC(N(c3ccccc3)c3ccccc3)CC2)c2ccccc12. The van der Waals surface area contributed by atoms with Crippen molar-refractivity contribution in [3.05, 3.63) is 103 Å². The summed E-state index contributed by atoms with van der Waals surface area (Å²) in [7, 11) is 4.15. The van der Waals surface area contributed by atoms with Gasteiger partial charge in [-0.25, -0.2) is 4.79 Å². The molecule has 0 saturated carbocycles. The van der Waals surface area contributed by atoms with Gasteiger partial charge in [-0.2, -0.15) is 0 Å². The highest BCUT2D eigenvalue weighted by Gasteiger charge is 2.55. The molecule has 2 fully saturated rings. The van der Waals surface area contributed by atoms with Crippen molar-refractivity contribution >= 4 is 33.7 Å². The fraction of sp³-hybridized carbons (Fsp3) is 0.361. The number of amides is 1. The number of carbonyl (C=O) groups is 1. The van der Waals surface area contributed by atoms with Crippen molar-refractivity contribution in [1.82, 2.24) is 5.32 Å². The zero-order valence-electron chi connectivity index (χ0n) is 24.7. The van der Waals surface area contributed by atoms with Crippen molar-refractivity contribution in [2.24, 2.45) is 0 Å². The predicted octanol–water partition coefficient (Wildman–Crippen LogP) is 7.01. The lowest BCUT2D eigenvalue weighted by Gasteiger charge is -2.55. The van der Waals surface area contributed by atoms with E-state index in [0.29, 0.717) is 16.4 Å². The molecule has 0 aliphatic carbocycles. The van der Waals surface area contributed by atoms with Crippen LogP contribution < -0.4 is 15.1 Å². The number of nitrogens with one attached hydrogen (secondary N) is 1. The number of para-hydroxylation sites is 2. The molecule has 1 amide bonds. The van der Waals surface area contributed by atoms with Crippen molar-refractivity contribution in [3.8, 4) is 0 Å². The first-order valence-electron chi connectivity index (χ1n) is 15.1. The van der Waals surface area contributed by atoms with Gasteiger partial charge in [0.2, 0.25) is 0 Å².